The van der Waals surface area contributed by atoms with Crippen molar-refractivity contribution >= 4 is 29.8 Å². The molecule has 16 nitrogen and oxygen atoms in total. The molecule has 1 rings (SSSR count). The molecule has 1 heterocycles. The van der Waals surface area contributed by atoms with Gasteiger partial charge in [-0.3, -0.25) is 24.0 Å². The number of rotatable bonds is 6. The minimum Gasteiger partial charge on any atom is -0.481 e. The summed E-state index contributed by atoms with van der Waals surface area (Å²) in [4.78, 5) is 48.5. The monoisotopic (exact) mass is 619 g/mol. The summed E-state index contributed by atoms with van der Waals surface area (Å²) in [6, 6.07) is -1.04. The molecule has 0 aromatic rings. The Morgan fingerprint density at radius 1 is 0.548 bits per heavy atom. The van der Waals surface area contributed by atoms with Crippen LogP contribution >= 0.6 is 0 Å². The third kappa shape index (κ3) is 31.6. The summed E-state index contributed by atoms with van der Waals surface area (Å²) in [6.07, 6.45) is -4.85. The van der Waals surface area contributed by atoms with Crippen LogP contribution in [0, 0.1) is 29.6 Å². The summed E-state index contributed by atoms with van der Waals surface area (Å²) in [7, 11) is 0. The third-order valence-electron chi connectivity index (χ3n) is 4.42. The van der Waals surface area contributed by atoms with Crippen molar-refractivity contribution in [3.05, 3.63) is 0 Å². The Hall–Kier alpha value is -2.89. The van der Waals surface area contributed by atoms with E-state index in [1.165, 1.54) is 0 Å². The first-order valence-electron chi connectivity index (χ1n) is 13.0. The zero-order valence-corrected chi connectivity index (χ0v) is 26.0. The van der Waals surface area contributed by atoms with Gasteiger partial charge in [-0.25, -0.2) is 0 Å². The number of ether oxygens (including phenoxy) is 1. The summed E-state index contributed by atoms with van der Waals surface area (Å²) in [5, 5.41) is 76.0. The Morgan fingerprint density at radius 2 is 0.738 bits per heavy atom. The molecule has 252 valence electrons. The minimum absolute atomic E-state index is 0.231. The maximum absolute atomic E-state index is 9.70. The highest BCUT2D eigenvalue weighted by molar-refractivity contribution is 5.70. The molecule has 0 aromatic heterocycles. The highest BCUT2D eigenvalue weighted by Gasteiger charge is 2.41. The second kappa shape index (κ2) is 27.0. The number of aliphatic hydroxyl groups excluding tert-OH is 4. The molecule has 0 saturated carbocycles. The van der Waals surface area contributed by atoms with E-state index in [9.17, 15) is 34.2 Å². The topological polar surface area (TPSA) is 303 Å². The Balaban J connectivity index is -0.000000135. The maximum atomic E-state index is 9.70. The predicted octanol–water partition coefficient (Wildman–Crippen LogP) is 0.380. The lowest BCUT2D eigenvalue weighted by Gasteiger charge is -2.38. The minimum atomic E-state index is -1.35. The predicted molar refractivity (Wildman–Crippen MR) is 150 cm³/mol. The molecule has 1 saturated heterocycles. The van der Waals surface area contributed by atoms with Crippen molar-refractivity contribution in [1.29, 1.82) is 0 Å². The van der Waals surface area contributed by atoms with Crippen molar-refractivity contribution in [2.24, 2.45) is 35.3 Å². The lowest BCUT2D eigenvalue weighted by Crippen LogP contribution is -2.61. The van der Waals surface area contributed by atoms with Crippen LogP contribution in [0.25, 0.3) is 0 Å². The summed E-state index contributed by atoms with van der Waals surface area (Å²) >= 11 is 0. The second-order valence-corrected chi connectivity index (χ2v) is 10.3. The van der Waals surface area contributed by atoms with Crippen LogP contribution in [-0.2, 0) is 28.7 Å². The van der Waals surface area contributed by atoms with Gasteiger partial charge in [-0.1, -0.05) is 69.2 Å². The van der Waals surface area contributed by atoms with E-state index in [1.807, 2.05) is 0 Å². The van der Waals surface area contributed by atoms with E-state index < -0.39 is 67.1 Å². The van der Waals surface area contributed by atoms with Crippen LogP contribution < -0.4 is 5.73 Å². The van der Waals surface area contributed by atoms with Gasteiger partial charge in [0.15, 0.2) is 6.29 Å². The van der Waals surface area contributed by atoms with Gasteiger partial charge in [-0.15, -0.1) is 0 Å². The van der Waals surface area contributed by atoms with E-state index in [0.717, 1.165) is 0 Å². The molecule has 0 bridgehead atoms. The van der Waals surface area contributed by atoms with Crippen molar-refractivity contribution in [3.63, 3.8) is 0 Å². The molecule has 42 heavy (non-hydrogen) atoms. The lowest BCUT2D eigenvalue weighted by atomic mass is 9.98. The Bertz CT molecular complexity index is 645. The number of carboxylic acid groups (broad SMARTS) is 5. The van der Waals surface area contributed by atoms with Crippen LogP contribution in [0.4, 0.5) is 0 Å². The molecule has 0 aliphatic carbocycles. The molecule has 0 aromatic carbocycles. The van der Waals surface area contributed by atoms with Crippen molar-refractivity contribution in [3.8, 4) is 0 Å². The third-order valence-corrected chi connectivity index (χ3v) is 4.42. The molecule has 1 fully saturated rings. The van der Waals surface area contributed by atoms with Crippen LogP contribution in [0.1, 0.15) is 69.2 Å². The average Bonchev–Trinajstić information content (AvgIpc) is 2.86. The van der Waals surface area contributed by atoms with Gasteiger partial charge in [0.1, 0.15) is 18.3 Å². The number of hydrogen-bond donors (Lipinski definition) is 10. The molecule has 1 aliphatic rings. The molecule has 5 atom stereocenters. The van der Waals surface area contributed by atoms with Gasteiger partial charge < -0.3 is 56.4 Å². The number of hydrogen-bond acceptors (Lipinski definition) is 11. The van der Waals surface area contributed by atoms with Gasteiger partial charge in [0.25, 0.3) is 0 Å². The van der Waals surface area contributed by atoms with E-state index in [0.29, 0.717) is 0 Å². The highest BCUT2D eigenvalue weighted by atomic mass is 16.6. The Labute approximate surface area is 246 Å². The van der Waals surface area contributed by atoms with Gasteiger partial charge in [0.05, 0.1) is 42.2 Å². The van der Waals surface area contributed by atoms with Crippen LogP contribution in [0.5, 0.6) is 0 Å². The Kier molecular flexibility index (Phi) is 31.4. The van der Waals surface area contributed by atoms with E-state index in [1.54, 1.807) is 69.2 Å². The summed E-state index contributed by atoms with van der Waals surface area (Å²) < 4.78 is 4.70. The molecule has 16 heteroatoms. The van der Waals surface area contributed by atoms with Gasteiger partial charge in [0, 0.05) is 0 Å². The van der Waals surface area contributed by atoms with Crippen LogP contribution in [0.3, 0.4) is 0 Å². The van der Waals surface area contributed by atoms with Crippen molar-refractivity contribution in [2.75, 3.05) is 6.61 Å². The molecule has 0 unspecified atom stereocenters. The van der Waals surface area contributed by atoms with Crippen LogP contribution in [0.2, 0.25) is 0 Å². The lowest BCUT2D eigenvalue weighted by molar-refractivity contribution is -0.248. The molecular weight excluding hydrogens is 566 g/mol. The molecule has 0 amide bonds. The summed E-state index contributed by atoms with van der Waals surface area (Å²) in [5.41, 5.74) is 5.26. The van der Waals surface area contributed by atoms with Gasteiger partial charge in [-0.2, -0.15) is 0 Å². The van der Waals surface area contributed by atoms with Crippen molar-refractivity contribution in [1.82, 2.24) is 0 Å². The fraction of sp³-hybridized carbons (Fsp3) is 0.808. The van der Waals surface area contributed by atoms with Crippen LogP contribution in [-0.4, -0.2) is 113 Å². The van der Waals surface area contributed by atoms with E-state index in [2.05, 4.69) is 0 Å². The Morgan fingerprint density at radius 3 is 0.881 bits per heavy atom. The first-order valence-corrected chi connectivity index (χ1v) is 13.0. The van der Waals surface area contributed by atoms with Crippen LogP contribution in [0.15, 0.2) is 0 Å². The van der Waals surface area contributed by atoms with Gasteiger partial charge in [-0.05, 0) is 0 Å². The van der Waals surface area contributed by atoms with Crippen molar-refractivity contribution in [2.45, 2.75) is 99.9 Å². The zero-order chi connectivity index (χ0) is 35.1. The average molecular weight is 620 g/mol. The quantitative estimate of drug-likeness (QED) is 0.192. The smallest absolute Gasteiger partial charge is 0.305 e. The number of aliphatic hydroxyl groups is 4. The number of nitrogens with two attached hydrogens (primary N) is 1. The number of carbonyl (C=O) groups is 5. The van der Waals surface area contributed by atoms with Gasteiger partial charge >= 0.3 is 29.8 Å². The van der Waals surface area contributed by atoms with E-state index in [-0.39, 0.29) is 29.6 Å². The molecule has 11 N–H and O–H groups in total. The standard InChI is InChI=1S/C6H13NO5.5C4H8O2/c7-3-5(10)4(9)2(1-8)12-6(3)11;5*1-3(2)4(5)6/h2-6,8-11H,1,7H2;5*3H,1-2H3,(H,5,6)/t2-,3-,4-,5-,6+;;;;;/m1...../s1. The normalized spacial score (nSPS) is 20.6. The summed E-state index contributed by atoms with van der Waals surface area (Å²) in [6.45, 7) is 15.9. The summed E-state index contributed by atoms with van der Waals surface area (Å²) in [5.74, 6) is -4.86. The van der Waals surface area contributed by atoms with E-state index in [4.69, 9.17) is 46.2 Å². The zero-order valence-electron chi connectivity index (χ0n) is 26.0. The van der Waals surface area contributed by atoms with E-state index >= 15 is 0 Å². The van der Waals surface area contributed by atoms with Crippen molar-refractivity contribution < 1.29 is 74.7 Å². The maximum Gasteiger partial charge on any atom is 0.305 e. The molecule has 1 aliphatic heterocycles. The SMILES string of the molecule is CC(C)C(=O)O.CC(C)C(=O)O.CC(C)C(=O)O.CC(C)C(=O)O.CC(C)C(=O)O.N[C@@H]1[C@@H](O)[C@H](O)[C@@H](CO)O[C@@H]1O. The number of carboxylic acids is 5. The first-order chi connectivity index (χ1) is 18.8. The fourth-order valence-electron chi connectivity index (χ4n) is 1.12. The number of aliphatic carboxylic acids is 5. The molecule has 0 spiro atoms. The fourth-order valence-corrected chi connectivity index (χ4v) is 1.12. The molecule has 0 radical (unpaired) electrons. The molecular formula is C26H53NO15. The second-order valence-electron chi connectivity index (χ2n) is 10.3. The largest absolute Gasteiger partial charge is 0.481 e. The van der Waals surface area contributed by atoms with Gasteiger partial charge in [0.2, 0.25) is 0 Å². The first kappa shape index (κ1) is 48.8. The highest BCUT2D eigenvalue weighted by Crippen LogP contribution is 2.17.